The summed E-state index contributed by atoms with van der Waals surface area (Å²) in [4.78, 5) is 32.1. The Labute approximate surface area is 86.7 Å². The van der Waals surface area contributed by atoms with Crippen LogP contribution in [0.2, 0.25) is 0 Å². The van der Waals surface area contributed by atoms with E-state index in [4.69, 9.17) is 10.2 Å². The smallest absolute Gasteiger partial charge is 0.326 e. The second-order valence-corrected chi connectivity index (χ2v) is 3.45. The molecule has 0 radical (unpaired) electrons. The second-order valence-electron chi connectivity index (χ2n) is 2.76. The zero-order valence-corrected chi connectivity index (χ0v) is 8.73. The Balaban J connectivity index is 4.41. The molecule has 0 spiro atoms. The van der Waals surface area contributed by atoms with Crippen LogP contribution in [0.25, 0.3) is 0 Å². The zero-order valence-electron chi connectivity index (χ0n) is 7.84. The van der Waals surface area contributed by atoms with E-state index >= 15 is 0 Å². The van der Waals surface area contributed by atoms with Gasteiger partial charge in [0.2, 0.25) is 19.9 Å². The number of carboxylic acid groups (broad SMARTS) is 1. The van der Waals surface area contributed by atoms with E-state index in [2.05, 4.69) is 0 Å². The lowest BCUT2D eigenvalue weighted by atomic mass is 10.2. The molecule has 8 heteroatoms. The number of nitrogens with one attached hydrogen (secondary N) is 1. The molecule has 0 aromatic rings. The molecule has 15 heavy (non-hydrogen) atoms. The highest BCUT2D eigenvalue weighted by atomic mass is 31.1. The van der Waals surface area contributed by atoms with Crippen molar-refractivity contribution >= 4 is 25.9 Å². The fourth-order valence-corrected chi connectivity index (χ4v) is 0.961. The average Bonchev–Trinajstić information content (AvgIpc) is 2.15. The van der Waals surface area contributed by atoms with Gasteiger partial charge in [-0.15, -0.1) is 0 Å². The van der Waals surface area contributed by atoms with Gasteiger partial charge >= 0.3 is 5.97 Å². The van der Waals surface area contributed by atoms with Crippen molar-refractivity contribution in [3.63, 3.8) is 0 Å². The van der Waals surface area contributed by atoms with Crippen molar-refractivity contribution in [2.75, 3.05) is 0 Å². The summed E-state index contributed by atoms with van der Waals surface area (Å²) in [5, 5.41) is 19.3. The number of hydrogen-bond donors (Lipinski definition) is 3. The van der Waals surface area contributed by atoms with Crippen molar-refractivity contribution in [2.45, 2.75) is 25.5 Å². The van der Waals surface area contributed by atoms with E-state index in [9.17, 15) is 18.9 Å². The largest absolute Gasteiger partial charge is 0.480 e. The molecule has 84 valence electrons. The van der Waals surface area contributed by atoms with Gasteiger partial charge < -0.3 is 15.5 Å². The van der Waals surface area contributed by atoms with Crippen LogP contribution in [0.3, 0.4) is 0 Å². The number of carbonyl (C=O) groups is 3. The summed E-state index contributed by atoms with van der Waals surface area (Å²) in [6, 6.07) is -1.47. The molecule has 0 saturated carbocycles. The highest BCUT2D eigenvalue weighted by molar-refractivity contribution is 7.46. The Kier molecular flexibility index (Phi) is 5.66. The third-order valence-electron chi connectivity index (χ3n) is 1.47. The first kappa shape index (κ1) is 13.7. The third kappa shape index (κ3) is 5.19. The van der Waals surface area contributed by atoms with Crippen molar-refractivity contribution in [2.24, 2.45) is 0 Å². The summed E-state index contributed by atoms with van der Waals surface area (Å²) >= 11 is 0. The average molecular weight is 235 g/mol. The van der Waals surface area contributed by atoms with Crippen LogP contribution in [0.1, 0.15) is 13.3 Å². The molecule has 0 aromatic heterocycles. The van der Waals surface area contributed by atoms with E-state index in [-0.39, 0.29) is 0 Å². The number of aliphatic carboxylic acids is 1. The molecular weight excluding hydrogens is 225 g/mol. The number of rotatable bonds is 6. The van der Waals surface area contributed by atoms with E-state index in [0.29, 0.717) is 0 Å². The van der Waals surface area contributed by atoms with Crippen LogP contribution < -0.4 is 5.32 Å². The van der Waals surface area contributed by atoms with Gasteiger partial charge in [0.25, 0.3) is 0 Å². The van der Waals surface area contributed by atoms with Gasteiger partial charge in [0.15, 0.2) is 0 Å². The van der Waals surface area contributed by atoms with E-state index in [1.54, 1.807) is 0 Å². The van der Waals surface area contributed by atoms with Crippen LogP contribution in [-0.4, -0.2) is 39.8 Å². The molecule has 0 heterocycles. The first-order chi connectivity index (χ1) is 6.88. The predicted molar refractivity (Wildman–Crippen MR) is 48.5 cm³/mol. The van der Waals surface area contributed by atoms with Gasteiger partial charge in [0.05, 0.1) is 0 Å². The quantitative estimate of drug-likeness (QED) is 0.515. The van der Waals surface area contributed by atoms with Crippen LogP contribution in [0.4, 0.5) is 0 Å². The minimum atomic E-state index is -1.47. The maximum absolute atomic E-state index is 10.9. The molecule has 0 fully saturated rings. The molecule has 0 bridgehead atoms. The van der Waals surface area contributed by atoms with Crippen molar-refractivity contribution in [1.29, 1.82) is 0 Å². The highest BCUT2D eigenvalue weighted by Gasteiger charge is 2.24. The molecule has 0 aliphatic heterocycles. The molecule has 2 atom stereocenters. The lowest BCUT2D eigenvalue weighted by Gasteiger charge is -2.13. The Bertz CT molecular complexity index is 289. The summed E-state index contributed by atoms with van der Waals surface area (Å²) < 4.78 is 10.1. The first-order valence-electron chi connectivity index (χ1n) is 3.96. The first-order valence-corrected chi connectivity index (χ1v) is 4.77. The molecule has 7 nitrogen and oxygen atoms in total. The van der Waals surface area contributed by atoms with Crippen molar-refractivity contribution in [1.82, 2.24) is 5.32 Å². The minimum Gasteiger partial charge on any atom is -0.480 e. The number of amides is 1. The van der Waals surface area contributed by atoms with E-state index in [0.717, 1.165) is 6.92 Å². The van der Waals surface area contributed by atoms with Gasteiger partial charge in [0, 0.05) is 6.42 Å². The van der Waals surface area contributed by atoms with Crippen LogP contribution in [-0.2, 0) is 18.9 Å². The van der Waals surface area contributed by atoms with Crippen LogP contribution in [0.5, 0.6) is 0 Å². The fourth-order valence-electron chi connectivity index (χ4n) is 0.704. The van der Waals surface area contributed by atoms with Gasteiger partial charge in [0.1, 0.15) is 12.1 Å². The van der Waals surface area contributed by atoms with Gasteiger partial charge in [-0.3, -0.25) is 14.2 Å². The molecule has 3 N–H and O–H groups in total. The van der Waals surface area contributed by atoms with E-state index < -0.39 is 44.4 Å². The standard InChI is InChI=1S/C7H10NO6P/c1-3(9)6(11)8-4(7(12)13)2-5(10)15-14/h3-4,9H,2H2,1H3,(H,8,11)(H,12,13)/t3-,4-/m0/s1. The topological polar surface area (TPSA) is 121 Å². The van der Waals surface area contributed by atoms with Crippen LogP contribution >= 0.6 is 8.46 Å². The molecule has 0 aliphatic rings. The maximum Gasteiger partial charge on any atom is 0.326 e. The van der Waals surface area contributed by atoms with Crippen molar-refractivity contribution in [3.8, 4) is 0 Å². The fraction of sp³-hybridized carbons (Fsp3) is 0.571. The number of carbonyl (C=O) groups excluding carboxylic acids is 2. The van der Waals surface area contributed by atoms with Gasteiger partial charge in [-0.05, 0) is 6.92 Å². The Morgan fingerprint density at radius 2 is 1.93 bits per heavy atom. The number of hydrogen-bond acceptors (Lipinski definition) is 5. The van der Waals surface area contributed by atoms with Gasteiger partial charge in [-0.2, -0.15) is 0 Å². The van der Waals surface area contributed by atoms with Crippen molar-refractivity contribution < 1.29 is 29.2 Å². The maximum atomic E-state index is 10.9. The number of aliphatic hydroxyl groups is 1. The Morgan fingerprint density at radius 3 is 2.27 bits per heavy atom. The monoisotopic (exact) mass is 235 g/mol. The van der Waals surface area contributed by atoms with E-state index in [1.165, 1.54) is 0 Å². The normalized spacial score (nSPS) is 14.3. The molecule has 0 saturated heterocycles. The molecule has 0 aromatic carbocycles. The zero-order chi connectivity index (χ0) is 12.0. The van der Waals surface area contributed by atoms with Crippen molar-refractivity contribution in [3.05, 3.63) is 0 Å². The van der Waals surface area contributed by atoms with Crippen LogP contribution in [0.15, 0.2) is 0 Å². The molecule has 0 rings (SSSR count). The molecule has 1 amide bonds. The summed E-state index contributed by atoms with van der Waals surface area (Å²) in [5.41, 5.74) is -0.840. The van der Waals surface area contributed by atoms with Gasteiger partial charge in [-0.1, -0.05) is 0 Å². The highest BCUT2D eigenvalue weighted by Crippen LogP contribution is 2.04. The minimum absolute atomic E-state index is 0.584. The summed E-state index contributed by atoms with van der Waals surface area (Å²) in [7, 11) is -0.809. The second kappa shape index (κ2) is 6.21. The number of carboxylic acids is 1. The number of aliphatic hydroxyl groups excluding tert-OH is 1. The predicted octanol–water partition coefficient (Wildman–Crippen LogP) is -0.855. The summed E-state index contributed by atoms with van der Waals surface area (Å²) in [6.07, 6.45) is -1.95. The van der Waals surface area contributed by atoms with Crippen LogP contribution in [0, 0.1) is 0 Å². The lowest BCUT2D eigenvalue weighted by Crippen LogP contribution is -2.45. The summed E-state index contributed by atoms with van der Waals surface area (Å²) in [5.74, 6) is -2.33. The van der Waals surface area contributed by atoms with Gasteiger partial charge in [-0.25, -0.2) is 4.79 Å². The summed E-state index contributed by atoms with van der Waals surface area (Å²) in [6.45, 7) is 1.15. The molecule has 0 aliphatic carbocycles. The van der Waals surface area contributed by atoms with E-state index in [1.807, 2.05) is 5.32 Å². The lowest BCUT2D eigenvalue weighted by molar-refractivity contribution is -0.144. The molecular formula is C7H10NO6P. The Hall–Kier alpha value is -1.33. The Morgan fingerprint density at radius 1 is 1.40 bits per heavy atom. The molecule has 0 unspecified atom stereocenters. The third-order valence-corrected chi connectivity index (χ3v) is 1.86. The SMILES string of the molecule is C[C@H](O)C(=O)N[C@@H](CC(=O)P=O)C(=O)O.